The van der Waals surface area contributed by atoms with Crippen LogP contribution in [0.3, 0.4) is 0 Å². The molecule has 9 aromatic carbocycles. The molecule has 12 aromatic rings. The fourth-order valence-corrected chi connectivity index (χ4v) is 8.73. The molecule has 0 atom stereocenters. The molecule has 0 aliphatic rings. The average molecular weight is 741 g/mol. The van der Waals surface area contributed by atoms with Crippen LogP contribution in [-0.2, 0) is 0 Å². The Kier molecular flexibility index (Phi) is 7.16. The van der Waals surface area contributed by atoms with E-state index < -0.39 is 0 Å². The lowest BCUT2D eigenvalue weighted by Crippen LogP contribution is -2.06. The van der Waals surface area contributed by atoms with Gasteiger partial charge in [-0.3, -0.25) is 4.57 Å². The van der Waals surface area contributed by atoms with E-state index in [2.05, 4.69) is 199 Å². The SMILES string of the molecule is c1ccc(-c2ccccc2-c2ccc(-c3nc(-c4cccc5c4oc4cc6ccccc6cc45)nc(-n4c5ccccc5c5c6ccccc6ccc54)n3)cc2)cc1. The minimum atomic E-state index is 0.541. The molecule has 5 heteroatoms. The molecule has 0 saturated carbocycles. The zero-order chi connectivity index (χ0) is 38.2. The number of rotatable bonds is 5. The van der Waals surface area contributed by atoms with Gasteiger partial charge in [-0.05, 0) is 74.1 Å². The summed E-state index contributed by atoms with van der Waals surface area (Å²) >= 11 is 0. The van der Waals surface area contributed by atoms with Gasteiger partial charge < -0.3 is 4.42 Å². The first-order valence-corrected chi connectivity index (χ1v) is 19.5. The van der Waals surface area contributed by atoms with Crippen LogP contribution in [0.4, 0.5) is 0 Å². The number of para-hydroxylation sites is 2. The van der Waals surface area contributed by atoms with Crippen molar-refractivity contribution >= 4 is 65.3 Å². The number of hydrogen-bond donors (Lipinski definition) is 0. The topological polar surface area (TPSA) is 56.7 Å². The van der Waals surface area contributed by atoms with Gasteiger partial charge >= 0.3 is 0 Å². The molecule has 0 aliphatic carbocycles. The summed E-state index contributed by atoms with van der Waals surface area (Å²) in [6.07, 6.45) is 0. The average Bonchev–Trinajstić information content (AvgIpc) is 3.84. The van der Waals surface area contributed by atoms with Gasteiger partial charge in [0.25, 0.3) is 0 Å². The first kappa shape index (κ1) is 32.4. The molecule has 3 heterocycles. The van der Waals surface area contributed by atoms with E-state index in [9.17, 15) is 0 Å². The highest BCUT2D eigenvalue weighted by molar-refractivity contribution is 6.21. The molecule has 0 bridgehead atoms. The van der Waals surface area contributed by atoms with Crippen LogP contribution in [0, 0.1) is 0 Å². The van der Waals surface area contributed by atoms with Gasteiger partial charge in [0.1, 0.15) is 11.2 Å². The maximum absolute atomic E-state index is 6.72. The molecule has 0 aliphatic heterocycles. The fraction of sp³-hybridized carbons (Fsp3) is 0. The third-order valence-electron chi connectivity index (χ3n) is 11.5. The summed E-state index contributed by atoms with van der Waals surface area (Å²) in [7, 11) is 0. The number of nitrogens with zero attached hydrogens (tertiary/aromatic N) is 4. The van der Waals surface area contributed by atoms with Crippen molar-refractivity contribution in [1.29, 1.82) is 0 Å². The van der Waals surface area contributed by atoms with E-state index in [1.165, 1.54) is 38.2 Å². The van der Waals surface area contributed by atoms with Crippen molar-refractivity contribution in [1.82, 2.24) is 19.5 Å². The third kappa shape index (κ3) is 5.07. The van der Waals surface area contributed by atoms with Gasteiger partial charge in [0.05, 0.1) is 16.6 Å². The van der Waals surface area contributed by atoms with E-state index in [1.54, 1.807) is 0 Å². The monoisotopic (exact) mass is 740 g/mol. The van der Waals surface area contributed by atoms with Crippen LogP contribution in [0.5, 0.6) is 0 Å². The Morgan fingerprint density at radius 2 is 0.966 bits per heavy atom. The Bertz CT molecular complexity index is 3560. The van der Waals surface area contributed by atoms with Crippen molar-refractivity contribution in [3.8, 4) is 51.0 Å². The summed E-state index contributed by atoms with van der Waals surface area (Å²) < 4.78 is 8.90. The molecule has 0 spiro atoms. The second kappa shape index (κ2) is 12.8. The minimum Gasteiger partial charge on any atom is -0.455 e. The standard InChI is InChI=1S/C53H32N4O/c1-2-13-33(14-3-1)39-18-8-9-19-40(39)35-25-27-36(28-26-35)51-54-52(44-23-12-22-42-45-31-37-16-4-5-17-38(37)32-48(45)58-50(42)44)56-53(55-51)57-46-24-11-10-21-43(46)49-41-20-7-6-15-34(41)29-30-47(49)57/h1-32H. The molecule has 0 unspecified atom stereocenters. The molecule has 0 saturated heterocycles. The molecular formula is C53H32N4O. The number of hydrogen-bond acceptors (Lipinski definition) is 4. The molecule has 3 aromatic heterocycles. The molecule has 270 valence electrons. The minimum absolute atomic E-state index is 0.541. The molecule has 0 N–H and O–H groups in total. The Labute approximate surface area is 333 Å². The Balaban J connectivity index is 1.09. The van der Waals surface area contributed by atoms with Crippen molar-refractivity contribution in [2.45, 2.75) is 0 Å². The van der Waals surface area contributed by atoms with Crippen molar-refractivity contribution in [3.05, 3.63) is 194 Å². The van der Waals surface area contributed by atoms with E-state index in [0.29, 0.717) is 17.6 Å². The van der Waals surface area contributed by atoms with Crippen LogP contribution in [0.2, 0.25) is 0 Å². The highest BCUT2D eigenvalue weighted by Gasteiger charge is 2.21. The summed E-state index contributed by atoms with van der Waals surface area (Å²) in [4.78, 5) is 15.8. The lowest BCUT2D eigenvalue weighted by Gasteiger charge is -2.12. The molecule has 5 nitrogen and oxygen atoms in total. The van der Waals surface area contributed by atoms with Crippen LogP contribution in [0.15, 0.2) is 199 Å². The van der Waals surface area contributed by atoms with Crippen LogP contribution in [-0.4, -0.2) is 19.5 Å². The zero-order valence-electron chi connectivity index (χ0n) is 31.2. The van der Waals surface area contributed by atoms with Crippen molar-refractivity contribution in [2.75, 3.05) is 0 Å². The molecular weight excluding hydrogens is 709 g/mol. The molecule has 0 radical (unpaired) electrons. The molecule has 58 heavy (non-hydrogen) atoms. The Morgan fingerprint density at radius 1 is 0.362 bits per heavy atom. The summed E-state index contributed by atoms with van der Waals surface area (Å²) in [5.41, 5.74) is 9.98. The van der Waals surface area contributed by atoms with Gasteiger partial charge in [0, 0.05) is 27.1 Å². The molecule has 0 amide bonds. The maximum Gasteiger partial charge on any atom is 0.238 e. The second-order valence-corrected chi connectivity index (χ2v) is 14.8. The number of furan rings is 1. The first-order chi connectivity index (χ1) is 28.7. The van der Waals surface area contributed by atoms with E-state index in [-0.39, 0.29) is 0 Å². The highest BCUT2D eigenvalue weighted by Crippen LogP contribution is 2.40. The van der Waals surface area contributed by atoms with Crippen molar-refractivity contribution in [3.63, 3.8) is 0 Å². The second-order valence-electron chi connectivity index (χ2n) is 14.8. The number of fused-ring (bicyclic) bond motifs is 9. The van der Waals surface area contributed by atoms with Crippen LogP contribution >= 0.6 is 0 Å². The van der Waals surface area contributed by atoms with E-state index in [1.807, 2.05) is 0 Å². The third-order valence-corrected chi connectivity index (χ3v) is 11.5. The summed E-state index contributed by atoms with van der Waals surface area (Å²) in [5.74, 6) is 1.66. The van der Waals surface area contributed by atoms with E-state index in [4.69, 9.17) is 19.4 Å². The lowest BCUT2D eigenvalue weighted by molar-refractivity contribution is 0.670. The van der Waals surface area contributed by atoms with Crippen molar-refractivity contribution < 1.29 is 4.42 Å². The van der Waals surface area contributed by atoms with Crippen LogP contribution in [0.1, 0.15) is 0 Å². The van der Waals surface area contributed by atoms with Gasteiger partial charge in [-0.25, -0.2) is 4.98 Å². The lowest BCUT2D eigenvalue weighted by atomic mass is 9.94. The smallest absolute Gasteiger partial charge is 0.238 e. The number of aromatic nitrogens is 4. The van der Waals surface area contributed by atoms with E-state index >= 15 is 0 Å². The van der Waals surface area contributed by atoms with Crippen LogP contribution in [0.25, 0.3) is 116 Å². The predicted molar refractivity (Wildman–Crippen MR) is 238 cm³/mol. The quantitative estimate of drug-likeness (QED) is 0.176. The Hall–Kier alpha value is -7.89. The molecule has 0 fully saturated rings. The Morgan fingerprint density at radius 3 is 1.78 bits per heavy atom. The van der Waals surface area contributed by atoms with Gasteiger partial charge in [-0.2, -0.15) is 9.97 Å². The van der Waals surface area contributed by atoms with Gasteiger partial charge in [0.2, 0.25) is 5.95 Å². The van der Waals surface area contributed by atoms with Gasteiger partial charge in [-0.1, -0.05) is 164 Å². The fourth-order valence-electron chi connectivity index (χ4n) is 8.73. The summed E-state index contributed by atoms with van der Waals surface area (Å²) in [6.45, 7) is 0. The normalized spacial score (nSPS) is 11.8. The predicted octanol–water partition coefficient (Wildman–Crippen LogP) is 13.8. The van der Waals surface area contributed by atoms with Gasteiger partial charge in [0.15, 0.2) is 11.6 Å². The first-order valence-electron chi connectivity index (χ1n) is 19.5. The molecule has 12 rings (SSSR count). The number of benzene rings is 9. The largest absolute Gasteiger partial charge is 0.455 e. The van der Waals surface area contributed by atoms with E-state index in [0.717, 1.165) is 60.4 Å². The summed E-state index contributed by atoms with van der Waals surface area (Å²) in [6, 6.07) is 68.0. The maximum atomic E-state index is 6.72. The van der Waals surface area contributed by atoms with Crippen LogP contribution < -0.4 is 0 Å². The summed E-state index contributed by atoms with van der Waals surface area (Å²) in [5, 5.41) is 9.08. The zero-order valence-corrected chi connectivity index (χ0v) is 31.2. The van der Waals surface area contributed by atoms with Crippen molar-refractivity contribution in [2.24, 2.45) is 0 Å². The van der Waals surface area contributed by atoms with Gasteiger partial charge in [-0.15, -0.1) is 0 Å². The highest BCUT2D eigenvalue weighted by atomic mass is 16.3.